The molecule has 86 valence electrons. The maximum Gasteiger partial charge on any atom is 0.228 e. The molecule has 0 N–H and O–H groups in total. The first kappa shape index (κ1) is 13.8. The lowest BCUT2D eigenvalue weighted by molar-refractivity contribution is -0.130. The van der Waals surface area contributed by atoms with E-state index in [4.69, 9.17) is 5.53 Å². The molecule has 0 heterocycles. The molecular weight excluding hydrogens is 192 g/mol. The minimum atomic E-state index is -0.0878. The van der Waals surface area contributed by atoms with E-state index in [1.807, 2.05) is 0 Å². The van der Waals surface area contributed by atoms with E-state index in [1.165, 1.54) is 0 Å². The Labute approximate surface area is 91.1 Å². The normalized spacial score (nSPS) is 10.3. The Kier molecular flexibility index (Phi) is 6.54. The average Bonchev–Trinajstić information content (AvgIpc) is 2.11. The van der Waals surface area contributed by atoms with Crippen molar-refractivity contribution in [3.8, 4) is 0 Å². The highest BCUT2D eigenvalue weighted by Crippen LogP contribution is 2.04. The van der Waals surface area contributed by atoms with Crippen molar-refractivity contribution in [2.24, 2.45) is 17.0 Å². The average molecular weight is 212 g/mol. The van der Waals surface area contributed by atoms with Crippen LogP contribution in [0.5, 0.6) is 0 Å². The van der Waals surface area contributed by atoms with Gasteiger partial charge in [0.05, 0.1) is 0 Å². The van der Waals surface area contributed by atoms with E-state index in [-0.39, 0.29) is 12.5 Å². The lowest BCUT2D eigenvalue weighted by Crippen LogP contribution is -2.38. The van der Waals surface area contributed by atoms with Crippen molar-refractivity contribution in [3.05, 3.63) is 10.4 Å². The maximum atomic E-state index is 11.6. The van der Waals surface area contributed by atoms with Crippen molar-refractivity contribution in [1.82, 2.24) is 4.90 Å². The summed E-state index contributed by atoms with van der Waals surface area (Å²) in [5, 5.41) is 3.30. The summed E-state index contributed by atoms with van der Waals surface area (Å²) in [4.78, 5) is 16.0. The molecule has 0 saturated heterocycles. The van der Waals surface area contributed by atoms with Gasteiger partial charge in [-0.15, -0.1) is 0 Å². The van der Waals surface area contributed by atoms with Gasteiger partial charge >= 0.3 is 0 Å². The highest BCUT2D eigenvalue weighted by atomic mass is 16.2. The van der Waals surface area contributed by atoms with Gasteiger partial charge in [-0.25, -0.2) is 0 Å². The second-order valence-electron chi connectivity index (χ2n) is 4.48. The Morgan fingerprint density at radius 2 is 1.73 bits per heavy atom. The van der Waals surface area contributed by atoms with Gasteiger partial charge in [0.15, 0.2) is 0 Å². The van der Waals surface area contributed by atoms with Gasteiger partial charge < -0.3 is 4.90 Å². The van der Waals surface area contributed by atoms with Gasteiger partial charge in [-0.05, 0) is 17.4 Å². The lowest BCUT2D eigenvalue weighted by Gasteiger charge is -2.25. The largest absolute Gasteiger partial charge is 0.342 e. The monoisotopic (exact) mass is 212 g/mol. The van der Waals surface area contributed by atoms with Crippen molar-refractivity contribution in [1.29, 1.82) is 0 Å². The van der Waals surface area contributed by atoms with Crippen LogP contribution in [0.1, 0.15) is 27.7 Å². The number of rotatable bonds is 6. The van der Waals surface area contributed by atoms with E-state index >= 15 is 0 Å². The number of nitrogens with zero attached hydrogens (tertiary/aromatic N) is 4. The lowest BCUT2D eigenvalue weighted by atomic mass is 10.1. The van der Waals surface area contributed by atoms with Crippen LogP contribution in [-0.4, -0.2) is 30.4 Å². The third kappa shape index (κ3) is 6.80. The highest BCUT2D eigenvalue weighted by Gasteiger charge is 2.14. The number of hydrogen-bond donors (Lipinski definition) is 0. The van der Waals surface area contributed by atoms with Crippen molar-refractivity contribution >= 4 is 5.91 Å². The smallest absolute Gasteiger partial charge is 0.228 e. The molecule has 0 radical (unpaired) electrons. The molecule has 0 atom stereocenters. The van der Waals surface area contributed by atoms with E-state index in [0.717, 1.165) is 13.1 Å². The molecule has 0 aromatic carbocycles. The van der Waals surface area contributed by atoms with Crippen molar-refractivity contribution in [2.45, 2.75) is 27.7 Å². The molecule has 0 rings (SSSR count). The molecule has 0 fully saturated rings. The fourth-order valence-corrected chi connectivity index (χ4v) is 1.35. The molecule has 0 aromatic rings. The molecule has 1 amide bonds. The van der Waals surface area contributed by atoms with Crippen LogP contribution >= 0.6 is 0 Å². The molecule has 0 bridgehead atoms. The molecule has 5 heteroatoms. The van der Waals surface area contributed by atoms with Gasteiger partial charge in [-0.1, -0.05) is 32.8 Å². The Hall–Kier alpha value is -1.22. The van der Waals surface area contributed by atoms with Crippen LogP contribution in [0.4, 0.5) is 0 Å². The minimum absolute atomic E-state index is 0.0735. The molecule has 15 heavy (non-hydrogen) atoms. The first-order chi connectivity index (χ1) is 6.97. The summed E-state index contributed by atoms with van der Waals surface area (Å²) >= 11 is 0. The molecule has 0 unspecified atom stereocenters. The quantitative estimate of drug-likeness (QED) is 0.378. The summed E-state index contributed by atoms with van der Waals surface area (Å²) < 4.78 is 0. The van der Waals surface area contributed by atoms with Gasteiger partial charge in [-0.2, -0.15) is 0 Å². The summed E-state index contributed by atoms with van der Waals surface area (Å²) in [7, 11) is 0. The van der Waals surface area contributed by atoms with E-state index in [9.17, 15) is 4.79 Å². The maximum absolute atomic E-state index is 11.6. The predicted octanol–water partition coefficient (Wildman–Crippen LogP) is 2.44. The Morgan fingerprint density at radius 3 is 2.07 bits per heavy atom. The van der Waals surface area contributed by atoms with Crippen LogP contribution in [0.15, 0.2) is 5.11 Å². The Balaban J connectivity index is 4.32. The highest BCUT2D eigenvalue weighted by molar-refractivity contribution is 5.78. The number of carbonyl (C=O) groups excluding carboxylic acids is 1. The molecular formula is C10H20N4O. The standard InChI is InChI=1S/C10H20N4O/c1-8(2)6-14(7-9(3)4)10(15)5-12-13-11/h8-9H,5-7H2,1-4H3. The first-order valence-corrected chi connectivity index (χ1v) is 5.26. The number of carbonyl (C=O) groups is 1. The summed E-state index contributed by atoms with van der Waals surface area (Å²) in [5.41, 5.74) is 8.15. The number of azide groups is 1. The third-order valence-corrected chi connectivity index (χ3v) is 1.79. The molecule has 0 saturated carbocycles. The van der Waals surface area contributed by atoms with Gasteiger partial charge in [-0.3, -0.25) is 4.79 Å². The fourth-order valence-electron chi connectivity index (χ4n) is 1.35. The van der Waals surface area contributed by atoms with Gasteiger partial charge in [0.1, 0.15) is 6.54 Å². The van der Waals surface area contributed by atoms with Crippen molar-refractivity contribution in [2.75, 3.05) is 19.6 Å². The van der Waals surface area contributed by atoms with E-state index in [0.29, 0.717) is 11.8 Å². The summed E-state index contributed by atoms with van der Waals surface area (Å²) in [6, 6.07) is 0. The van der Waals surface area contributed by atoms with Gasteiger partial charge in [0.25, 0.3) is 0 Å². The summed E-state index contributed by atoms with van der Waals surface area (Å²) in [6.45, 7) is 9.62. The molecule has 0 aromatic heterocycles. The zero-order chi connectivity index (χ0) is 11.8. The number of amides is 1. The SMILES string of the molecule is CC(C)CN(CC(C)C)C(=O)CN=[N+]=[N-]. The van der Waals surface area contributed by atoms with Gasteiger partial charge in [0.2, 0.25) is 5.91 Å². The zero-order valence-corrected chi connectivity index (χ0v) is 9.97. The second-order valence-corrected chi connectivity index (χ2v) is 4.48. The fraction of sp³-hybridized carbons (Fsp3) is 0.900. The summed E-state index contributed by atoms with van der Waals surface area (Å²) in [6.07, 6.45) is 0. The molecule has 0 aliphatic carbocycles. The molecule has 0 spiro atoms. The van der Waals surface area contributed by atoms with Crippen LogP contribution in [0.3, 0.4) is 0 Å². The van der Waals surface area contributed by atoms with E-state index in [1.54, 1.807) is 4.90 Å². The van der Waals surface area contributed by atoms with E-state index in [2.05, 4.69) is 37.7 Å². The van der Waals surface area contributed by atoms with Crippen LogP contribution in [0.25, 0.3) is 10.4 Å². The van der Waals surface area contributed by atoms with Crippen molar-refractivity contribution in [3.63, 3.8) is 0 Å². The Bertz CT molecular complexity index is 234. The third-order valence-electron chi connectivity index (χ3n) is 1.79. The predicted molar refractivity (Wildman–Crippen MR) is 60.3 cm³/mol. The second kappa shape index (κ2) is 7.12. The van der Waals surface area contributed by atoms with Crippen LogP contribution < -0.4 is 0 Å². The van der Waals surface area contributed by atoms with Crippen LogP contribution in [0.2, 0.25) is 0 Å². The van der Waals surface area contributed by atoms with Crippen LogP contribution in [-0.2, 0) is 4.79 Å². The number of hydrogen-bond acceptors (Lipinski definition) is 2. The van der Waals surface area contributed by atoms with Crippen LogP contribution in [0, 0.1) is 11.8 Å². The minimum Gasteiger partial charge on any atom is -0.342 e. The Morgan fingerprint density at radius 1 is 1.27 bits per heavy atom. The molecule has 5 nitrogen and oxygen atoms in total. The molecule has 0 aliphatic heterocycles. The van der Waals surface area contributed by atoms with Crippen molar-refractivity contribution < 1.29 is 4.79 Å². The van der Waals surface area contributed by atoms with Gasteiger partial charge in [0, 0.05) is 18.0 Å². The zero-order valence-electron chi connectivity index (χ0n) is 9.97. The van der Waals surface area contributed by atoms with E-state index < -0.39 is 0 Å². The topological polar surface area (TPSA) is 69.1 Å². The molecule has 0 aliphatic rings. The summed E-state index contributed by atoms with van der Waals surface area (Å²) in [5.74, 6) is 0.771. The first-order valence-electron chi connectivity index (χ1n) is 5.26.